The van der Waals surface area contributed by atoms with E-state index in [1.165, 1.54) is 12.1 Å². The number of hydrogen-bond acceptors (Lipinski definition) is 7. The third kappa shape index (κ3) is 4.28. The van der Waals surface area contributed by atoms with Crippen molar-refractivity contribution in [3.05, 3.63) is 42.0 Å². The van der Waals surface area contributed by atoms with E-state index in [1.807, 2.05) is 0 Å². The average molecular weight is 378 g/mol. The first kappa shape index (κ1) is 18.5. The van der Waals surface area contributed by atoms with Crippen LogP contribution in [-0.2, 0) is 15.6 Å². The van der Waals surface area contributed by atoms with Gasteiger partial charge in [-0.1, -0.05) is 30.3 Å². The number of likely N-dealkylation sites (tertiary alicyclic amines) is 1. The molecule has 0 spiro atoms. The minimum absolute atomic E-state index is 0.0324. The number of amides is 1. The van der Waals surface area contributed by atoms with Gasteiger partial charge in [0.1, 0.15) is 5.75 Å². The van der Waals surface area contributed by atoms with Crippen molar-refractivity contribution in [2.24, 2.45) is 0 Å². The lowest BCUT2D eigenvalue weighted by atomic mass is 10.2. The number of aromatic nitrogens is 2. The molecule has 0 unspecified atom stereocenters. The smallest absolute Gasteiger partial charge is 0.315 e. The molecular weight excluding hydrogens is 356 g/mol. The van der Waals surface area contributed by atoms with Crippen LogP contribution in [0.5, 0.6) is 0 Å². The van der Waals surface area contributed by atoms with Crippen molar-refractivity contribution in [2.45, 2.75) is 36.5 Å². The maximum Gasteiger partial charge on any atom is 0.315 e. The van der Waals surface area contributed by atoms with Crippen LogP contribution in [0.1, 0.15) is 36.3 Å². The Morgan fingerprint density at radius 1 is 1.35 bits per heavy atom. The predicted molar refractivity (Wildman–Crippen MR) is 94.2 cm³/mol. The second kappa shape index (κ2) is 7.96. The van der Waals surface area contributed by atoms with Crippen LogP contribution in [0.2, 0.25) is 0 Å². The van der Waals surface area contributed by atoms with E-state index in [0.717, 1.165) is 25.9 Å². The first-order valence-electron chi connectivity index (χ1n) is 8.62. The van der Waals surface area contributed by atoms with Crippen molar-refractivity contribution < 1.29 is 17.7 Å². The first-order valence-corrected chi connectivity index (χ1v) is 10.3. The second-order valence-corrected chi connectivity index (χ2v) is 8.21. The van der Waals surface area contributed by atoms with Gasteiger partial charge in [0.05, 0.1) is 4.90 Å². The SMILES string of the molecule is CCN1CCC[C@H]1CNC(=O)c1nc(CS(=O)(=O)c2ccccc2)no1. The van der Waals surface area contributed by atoms with Crippen LogP contribution in [0.15, 0.2) is 39.8 Å². The molecule has 1 aromatic heterocycles. The van der Waals surface area contributed by atoms with Gasteiger partial charge in [0.15, 0.2) is 15.7 Å². The third-order valence-electron chi connectivity index (χ3n) is 4.49. The van der Waals surface area contributed by atoms with E-state index in [4.69, 9.17) is 4.52 Å². The highest BCUT2D eigenvalue weighted by Crippen LogP contribution is 2.16. The zero-order chi connectivity index (χ0) is 18.6. The van der Waals surface area contributed by atoms with Gasteiger partial charge in [0.25, 0.3) is 0 Å². The van der Waals surface area contributed by atoms with Gasteiger partial charge in [-0.15, -0.1) is 0 Å². The summed E-state index contributed by atoms with van der Waals surface area (Å²) in [6.45, 7) is 4.59. The number of carbonyl (C=O) groups is 1. The fourth-order valence-corrected chi connectivity index (χ4v) is 4.31. The summed E-state index contributed by atoms with van der Waals surface area (Å²) in [5.41, 5.74) is 0. The molecule has 1 fully saturated rings. The Labute approximate surface area is 152 Å². The maximum absolute atomic E-state index is 12.3. The average Bonchev–Trinajstić information content (AvgIpc) is 3.29. The van der Waals surface area contributed by atoms with Crippen LogP contribution in [0.4, 0.5) is 0 Å². The summed E-state index contributed by atoms with van der Waals surface area (Å²) in [7, 11) is -3.59. The lowest BCUT2D eigenvalue weighted by Crippen LogP contribution is -2.40. The normalized spacial score (nSPS) is 18.1. The molecule has 1 aliphatic rings. The molecule has 1 N–H and O–H groups in total. The molecule has 9 heteroatoms. The quantitative estimate of drug-likeness (QED) is 0.773. The number of benzene rings is 1. The van der Waals surface area contributed by atoms with Gasteiger partial charge in [-0.05, 0) is 38.1 Å². The molecule has 0 radical (unpaired) electrons. The van der Waals surface area contributed by atoms with Gasteiger partial charge in [-0.3, -0.25) is 9.69 Å². The number of hydrogen-bond donors (Lipinski definition) is 1. The fraction of sp³-hybridized carbons (Fsp3) is 0.471. The highest BCUT2D eigenvalue weighted by atomic mass is 32.2. The fourth-order valence-electron chi connectivity index (χ4n) is 3.11. The zero-order valence-corrected chi connectivity index (χ0v) is 15.4. The third-order valence-corrected chi connectivity index (χ3v) is 6.12. The van der Waals surface area contributed by atoms with Gasteiger partial charge in [0, 0.05) is 12.6 Å². The Hall–Kier alpha value is -2.26. The Bertz CT molecular complexity index is 851. The van der Waals surface area contributed by atoms with Crippen LogP contribution in [-0.4, -0.2) is 55.0 Å². The molecule has 1 atom stereocenters. The number of rotatable bonds is 7. The van der Waals surface area contributed by atoms with Gasteiger partial charge >= 0.3 is 11.8 Å². The first-order chi connectivity index (χ1) is 12.5. The molecule has 1 aliphatic heterocycles. The molecule has 26 heavy (non-hydrogen) atoms. The molecule has 8 nitrogen and oxygen atoms in total. The summed E-state index contributed by atoms with van der Waals surface area (Å²) in [5.74, 6) is -1.15. The van der Waals surface area contributed by atoms with E-state index >= 15 is 0 Å². The highest BCUT2D eigenvalue weighted by Gasteiger charge is 2.25. The highest BCUT2D eigenvalue weighted by molar-refractivity contribution is 7.90. The van der Waals surface area contributed by atoms with Gasteiger partial charge in [0.2, 0.25) is 0 Å². The van der Waals surface area contributed by atoms with E-state index in [2.05, 4.69) is 27.3 Å². The molecule has 0 saturated carbocycles. The van der Waals surface area contributed by atoms with E-state index in [0.29, 0.717) is 12.6 Å². The minimum Gasteiger partial charge on any atom is -0.346 e. The van der Waals surface area contributed by atoms with Crippen LogP contribution >= 0.6 is 0 Å². The number of nitrogens with zero attached hydrogens (tertiary/aromatic N) is 3. The summed E-state index contributed by atoms with van der Waals surface area (Å²) in [4.78, 5) is 18.6. The van der Waals surface area contributed by atoms with Crippen LogP contribution in [0.3, 0.4) is 0 Å². The standard InChI is InChI=1S/C17H22N4O4S/c1-2-21-10-6-7-13(21)11-18-16(22)17-19-15(20-25-17)12-26(23,24)14-8-4-3-5-9-14/h3-5,8-9,13H,2,6-7,10-12H2,1H3,(H,18,22)/t13-/m0/s1. The van der Waals surface area contributed by atoms with Gasteiger partial charge in [-0.2, -0.15) is 4.98 Å². The summed E-state index contributed by atoms with van der Waals surface area (Å²) in [5, 5.41) is 6.41. The van der Waals surface area contributed by atoms with Crippen LogP contribution in [0.25, 0.3) is 0 Å². The van der Waals surface area contributed by atoms with E-state index in [9.17, 15) is 13.2 Å². The van der Waals surface area contributed by atoms with Crippen molar-refractivity contribution in [3.63, 3.8) is 0 Å². The number of likely N-dealkylation sites (N-methyl/N-ethyl adjacent to an activating group) is 1. The minimum atomic E-state index is -3.59. The molecule has 140 valence electrons. The van der Waals surface area contributed by atoms with Crippen molar-refractivity contribution in [2.75, 3.05) is 19.6 Å². The van der Waals surface area contributed by atoms with Crippen LogP contribution in [0, 0.1) is 0 Å². The largest absolute Gasteiger partial charge is 0.346 e. The summed E-state index contributed by atoms with van der Waals surface area (Å²) in [6, 6.07) is 8.34. The maximum atomic E-state index is 12.3. The molecule has 0 bridgehead atoms. The number of sulfone groups is 1. The number of nitrogens with one attached hydrogen (secondary N) is 1. The van der Waals surface area contributed by atoms with Gasteiger partial charge in [-0.25, -0.2) is 8.42 Å². The van der Waals surface area contributed by atoms with E-state index < -0.39 is 21.5 Å². The monoisotopic (exact) mass is 378 g/mol. The number of carbonyl (C=O) groups excluding carboxylic acids is 1. The lowest BCUT2D eigenvalue weighted by Gasteiger charge is -2.22. The molecule has 1 saturated heterocycles. The molecule has 0 aliphatic carbocycles. The Morgan fingerprint density at radius 2 is 2.12 bits per heavy atom. The van der Waals surface area contributed by atoms with Crippen molar-refractivity contribution >= 4 is 15.7 Å². The van der Waals surface area contributed by atoms with Crippen LogP contribution < -0.4 is 5.32 Å². The Balaban J connectivity index is 1.60. The molecule has 2 aromatic rings. The van der Waals surface area contributed by atoms with E-state index in [-0.39, 0.29) is 16.6 Å². The predicted octanol–water partition coefficient (Wildman–Crippen LogP) is 1.26. The molecular formula is C17H22N4O4S. The van der Waals surface area contributed by atoms with E-state index in [1.54, 1.807) is 18.2 Å². The Kier molecular flexibility index (Phi) is 5.67. The summed E-state index contributed by atoms with van der Waals surface area (Å²) in [6.07, 6.45) is 2.16. The summed E-state index contributed by atoms with van der Waals surface area (Å²) >= 11 is 0. The molecule has 3 rings (SSSR count). The summed E-state index contributed by atoms with van der Waals surface area (Å²) < 4.78 is 29.6. The molecule has 1 aromatic carbocycles. The topological polar surface area (TPSA) is 105 Å². The van der Waals surface area contributed by atoms with Crippen molar-refractivity contribution in [1.29, 1.82) is 0 Å². The Morgan fingerprint density at radius 3 is 2.85 bits per heavy atom. The van der Waals surface area contributed by atoms with Gasteiger partial charge < -0.3 is 9.84 Å². The van der Waals surface area contributed by atoms with Crippen molar-refractivity contribution in [3.8, 4) is 0 Å². The lowest BCUT2D eigenvalue weighted by molar-refractivity contribution is 0.0897. The second-order valence-electron chi connectivity index (χ2n) is 6.22. The zero-order valence-electron chi connectivity index (χ0n) is 14.6. The molecule has 1 amide bonds. The molecule has 2 heterocycles. The van der Waals surface area contributed by atoms with Crippen molar-refractivity contribution in [1.82, 2.24) is 20.4 Å².